The van der Waals surface area contributed by atoms with Gasteiger partial charge in [0.2, 0.25) is 11.8 Å². The van der Waals surface area contributed by atoms with Crippen molar-refractivity contribution in [2.75, 3.05) is 0 Å². The normalized spacial score (nSPS) is 12.1. The Balaban J connectivity index is 1.74. The molecule has 2 amide bonds. The highest BCUT2D eigenvalue weighted by Gasteiger charge is 2.33. The van der Waals surface area contributed by atoms with Crippen molar-refractivity contribution in [3.63, 3.8) is 0 Å². The third-order valence-electron chi connectivity index (χ3n) is 6.82. The molecule has 206 valence electrons. The lowest BCUT2D eigenvalue weighted by atomic mass is 9.87. The monoisotopic (exact) mass is 536 g/mol. The summed E-state index contributed by atoms with van der Waals surface area (Å²) in [7, 11) is 0. The zero-order valence-corrected chi connectivity index (χ0v) is 23.4. The Morgan fingerprint density at radius 3 is 1.73 bits per heavy atom. The van der Waals surface area contributed by atoms with Crippen LogP contribution in [-0.2, 0) is 22.6 Å². The van der Waals surface area contributed by atoms with Crippen LogP contribution in [0.2, 0.25) is 0 Å². The van der Waals surface area contributed by atoms with E-state index in [9.17, 15) is 14.0 Å². The summed E-state index contributed by atoms with van der Waals surface area (Å²) in [5.74, 6) is -0.898. The minimum atomic E-state index is -0.758. The molecule has 1 atom stereocenters. The van der Waals surface area contributed by atoms with Crippen LogP contribution < -0.4 is 5.32 Å². The maximum atomic E-state index is 14.3. The first-order valence-corrected chi connectivity index (χ1v) is 13.7. The molecule has 5 heteroatoms. The van der Waals surface area contributed by atoms with Crippen molar-refractivity contribution in [1.29, 1.82) is 0 Å². The van der Waals surface area contributed by atoms with Gasteiger partial charge in [-0.05, 0) is 55.2 Å². The quantitative estimate of drug-likeness (QED) is 0.240. The second-order valence-corrected chi connectivity index (χ2v) is 11.2. The van der Waals surface area contributed by atoms with Gasteiger partial charge in [-0.1, -0.05) is 103 Å². The van der Waals surface area contributed by atoms with E-state index in [1.807, 2.05) is 112 Å². The fourth-order valence-corrected chi connectivity index (χ4v) is 4.88. The Labute approximate surface area is 236 Å². The molecule has 1 N–H and O–H groups in total. The summed E-state index contributed by atoms with van der Waals surface area (Å²) in [6, 6.07) is 35.0. The van der Waals surface area contributed by atoms with Crippen molar-refractivity contribution in [2.45, 2.75) is 57.7 Å². The van der Waals surface area contributed by atoms with Crippen molar-refractivity contribution in [2.24, 2.45) is 0 Å². The molecule has 0 aliphatic rings. The highest BCUT2D eigenvalue weighted by molar-refractivity contribution is 5.89. The van der Waals surface area contributed by atoms with Gasteiger partial charge in [0.25, 0.3) is 0 Å². The average Bonchev–Trinajstić information content (AvgIpc) is 2.95. The second-order valence-electron chi connectivity index (χ2n) is 11.2. The van der Waals surface area contributed by atoms with Crippen LogP contribution in [0, 0.1) is 5.82 Å². The number of carbonyl (C=O) groups is 2. The van der Waals surface area contributed by atoms with Gasteiger partial charge >= 0.3 is 0 Å². The lowest BCUT2D eigenvalue weighted by Gasteiger charge is -2.35. The first-order valence-electron chi connectivity index (χ1n) is 13.7. The van der Waals surface area contributed by atoms with Gasteiger partial charge in [-0.2, -0.15) is 0 Å². The molecule has 4 aromatic rings. The van der Waals surface area contributed by atoms with Crippen LogP contribution in [0.4, 0.5) is 4.39 Å². The maximum absolute atomic E-state index is 14.3. The molecule has 0 spiro atoms. The van der Waals surface area contributed by atoms with E-state index in [1.54, 1.807) is 17.0 Å². The number of nitrogens with one attached hydrogen (secondary N) is 1. The van der Waals surface area contributed by atoms with Gasteiger partial charge in [-0.15, -0.1) is 0 Å². The number of benzene rings is 4. The molecular formula is C35H37FN2O2. The Morgan fingerprint density at radius 1 is 0.725 bits per heavy atom. The summed E-state index contributed by atoms with van der Waals surface area (Å²) in [6.45, 7) is 5.97. The van der Waals surface area contributed by atoms with Crippen LogP contribution in [0.3, 0.4) is 0 Å². The predicted molar refractivity (Wildman–Crippen MR) is 158 cm³/mol. The van der Waals surface area contributed by atoms with E-state index in [4.69, 9.17) is 0 Å². The number of carbonyl (C=O) groups excluding carboxylic acids is 2. The smallest absolute Gasteiger partial charge is 0.243 e. The number of hydrogen-bond acceptors (Lipinski definition) is 2. The topological polar surface area (TPSA) is 49.4 Å². The van der Waals surface area contributed by atoms with Crippen LogP contribution in [0.25, 0.3) is 0 Å². The molecule has 4 aromatic carbocycles. The van der Waals surface area contributed by atoms with Crippen LogP contribution in [-0.4, -0.2) is 28.3 Å². The zero-order chi connectivity index (χ0) is 28.5. The van der Waals surface area contributed by atoms with E-state index in [1.165, 1.54) is 12.1 Å². The van der Waals surface area contributed by atoms with Crippen molar-refractivity contribution < 1.29 is 14.0 Å². The van der Waals surface area contributed by atoms with Gasteiger partial charge in [0.15, 0.2) is 0 Å². The van der Waals surface area contributed by atoms with Gasteiger partial charge in [0.05, 0.1) is 0 Å². The predicted octanol–water partition coefficient (Wildman–Crippen LogP) is 6.90. The molecule has 40 heavy (non-hydrogen) atoms. The standard InChI is InChI=1S/C35H37FN2O2/c1-35(2,3)37-34(40)32(23-26-13-7-4-8-14-26)38(25-27-19-21-30(36)22-20-27)33(39)24-31(28-15-9-5-10-16-28)29-17-11-6-12-18-29/h4-22,31-32H,23-25H2,1-3H3,(H,37,40)/t32-/m0/s1. The maximum Gasteiger partial charge on any atom is 0.243 e. The van der Waals surface area contributed by atoms with E-state index in [0.717, 1.165) is 22.3 Å². The highest BCUT2D eigenvalue weighted by atomic mass is 19.1. The van der Waals surface area contributed by atoms with Crippen LogP contribution in [0.15, 0.2) is 115 Å². The molecule has 0 radical (unpaired) electrons. The van der Waals surface area contributed by atoms with Crippen LogP contribution >= 0.6 is 0 Å². The highest BCUT2D eigenvalue weighted by Crippen LogP contribution is 2.30. The Morgan fingerprint density at radius 2 is 1.23 bits per heavy atom. The van der Waals surface area contributed by atoms with Crippen molar-refractivity contribution in [3.05, 3.63) is 143 Å². The summed E-state index contributed by atoms with van der Waals surface area (Å²) in [5, 5.41) is 3.09. The number of rotatable bonds is 10. The Hall–Kier alpha value is -4.25. The summed E-state index contributed by atoms with van der Waals surface area (Å²) in [6.07, 6.45) is 0.542. The van der Waals surface area contributed by atoms with Crippen molar-refractivity contribution in [1.82, 2.24) is 10.2 Å². The molecule has 0 saturated carbocycles. The third kappa shape index (κ3) is 8.12. The first-order chi connectivity index (χ1) is 19.2. The molecule has 0 fully saturated rings. The van der Waals surface area contributed by atoms with Gasteiger partial charge in [0, 0.05) is 30.8 Å². The molecule has 0 heterocycles. The fourth-order valence-electron chi connectivity index (χ4n) is 4.88. The fraction of sp³-hybridized carbons (Fsp3) is 0.257. The molecule has 4 rings (SSSR count). The van der Waals surface area contributed by atoms with E-state index < -0.39 is 11.6 Å². The molecule has 0 aliphatic carbocycles. The first kappa shape index (κ1) is 28.8. The largest absolute Gasteiger partial charge is 0.350 e. The summed E-state index contributed by atoms with van der Waals surface area (Å²) >= 11 is 0. The lowest BCUT2D eigenvalue weighted by molar-refractivity contribution is -0.142. The third-order valence-corrected chi connectivity index (χ3v) is 6.82. The SMILES string of the molecule is CC(C)(C)NC(=O)[C@H](Cc1ccccc1)N(Cc1ccc(F)cc1)C(=O)CC(c1ccccc1)c1ccccc1. The van der Waals surface area contributed by atoms with Crippen molar-refractivity contribution >= 4 is 11.8 Å². The average molecular weight is 537 g/mol. The van der Waals surface area contributed by atoms with Gasteiger partial charge in [0.1, 0.15) is 11.9 Å². The van der Waals surface area contributed by atoms with E-state index >= 15 is 0 Å². The number of hydrogen-bond donors (Lipinski definition) is 1. The molecule has 0 aromatic heterocycles. The van der Waals surface area contributed by atoms with Gasteiger partial charge in [-0.25, -0.2) is 4.39 Å². The number of amides is 2. The van der Waals surface area contributed by atoms with Crippen LogP contribution in [0.1, 0.15) is 55.4 Å². The molecule has 0 bridgehead atoms. The Bertz CT molecular complexity index is 1330. The van der Waals surface area contributed by atoms with Gasteiger partial charge in [-0.3, -0.25) is 9.59 Å². The second kappa shape index (κ2) is 13.2. The number of nitrogens with zero attached hydrogens (tertiary/aromatic N) is 1. The van der Waals surface area contributed by atoms with Gasteiger partial charge < -0.3 is 10.2 Å². The number of halogens is 1. The minimum absolute atomic E-state index is 0.146. The minimum Gasteiger partial charge on any atom is -0.350 e. The molecular weight excluding hydrogens is 499 g/mol. The molecule has 0 aliphatic heterocycles. The summed E-state index contributed by atoms with van der Waals surface area (Å²) in [4.78, 5) is 29.8. The lowest BCUT2D eigenvalue weighted by Crippen LogP contribution is -2.54. The summed E-state index contributed by atoms with van der Waals surface area (Å²) < 4.78 is 13.7. The van der Waals surface area contributed by atoms with E-state index in [-0.39, 0.29) is 36.5 Å². The van der Waals surface area contributed by atoms with E-state index in [0.29, 0.717) is 6.42 Å². The van der Waals surface area contributed by atoms with Crippen LogP contribution in [0.5, 0.6) is 0 Å². The van der Waals surface area contributed by atoms with E-state index in [2.05, 4.69) is 5.32 Å². The van der Waals surface area contributed by atoms with Crippen molar-refractivity contribution in [3.8, 4) is 0 Å². The molecule has 4 nitrogen and oxygen atoms in total. The summed E-state index contributed by atoms with van der Waals surface area (Å²) in [5.41, 5.74) is 3.29. The Kier molecular flexibility index (Phi) is 9.49. The zero-order valence-electron chi connectivity index (χ0n) is 23.4. The molecule has 0 unspecified atom stereocenters. The molecule has 0 saturated heterocycles.